The van der Waals surface area contributed by atoms with Gasteiger partial charge in [-0.3, -0.25) is 0 Å². The number of benzene rings is 1. The number of epoxide rings is 1. The lowest BCUT2D eigenvalue weighted by molar-refractivity contribution is -0.344. The van der Waals surface area contributed by atoms with Crippen LogP contribution in [-0.4, -0.2) is 98.7 Å². The van der Waals surface area contributed by atoms with Crippen LogP contribution in [-0.2, 0) is 23.7 Å². The van der Waals surface area contributed by atoms with Crippen molar-refractivity contribution in [1.29, 1.82) is 0 Å². The molecule has 2 saturated heterocycles. The van der Waals surface area contributed by atoms with Gasteiger partial charge >= 0.3 is 0 Å². The second-order valence-corrected chi connectivity index (χ2v) is 8.92. The first-order valence-electron chi connectivity index (χ1n) is 11.1. The SMILES string of the molecule is OCC1OC(OC2OC=CC3C(OC=Cc4ccc(O)cc4)C4OC4(CO)C23)C(O)C(O)C1O. The molecule has 3 heterocycles. The molecule has 0 radical (unpaired) electrons. The minimum Gasteiger partial charge on any atom is -0.508 e. The van der Waals surface area contributed by atoms with Gasteiger partial charge in [0.05, 0.1) is 31.7 Å². The number of phenols is 1. The Bertz CT molecular complexity index is 918. The van der Waals surface area contributed by atoms with Gasteiger partial charge in [0.1, 0.15) is 48.0 Å². The van der Waals surface area contributed by atoms with Gasteiger partial charge in [-0.2, -0.15) is 0 Å². The van der Waals surface area contributed by atoms with Crippen LogP contribution in [0.15, 0.2) is 42.9 Å². The van der Waals surface area contributed by atoms with Gasteiger partial charge < -0.3 is 54.3 Å². The zero-order valence-electron chi connectivity index (χ0n) is 18.0. The molecule has 1 aromatic carbocycles. The summed E-state index contributed by atoms with van der Waals surface area (Å²) in [6, 6.07) is 6.59. The molecule has 186 valence electrons. The van der Waals surface area contributed by atoms with Crippen molar-refractivity contribution < 1.29 is 54.3 Å². The molecule has 11 unspecified atom stereocenters. The molecule has 5 rings (SSSR count). The van der Waals surface area contributed by atoms with Crippen LogP contribution in [0.1, 0.15) is 5.56 Å². The highest BCUT2D eigenvalue weighted by Crippen LogP contribution is 2.60. The first-order chi connectivity index (χ1) is 16.4. The Morgan fingerprint density at radius 3 is 2.47 bits per heavy atom. The van der Waals surface area contributed by atoms with Crippen LogP contribution >= 0.6 is 0 Å². The summed E-state index contributed by atoms with van der Waals surface area (Å²) in [5.41, 5.74) is -0.158. The maximum atomic E-state index is 10.3. The molecule has 0 amide bonds. The smallest absolute Gasteiger partial charge is 0.208 e. The van der Waals surface area contributed by atoms with Crippen molar-refractivity contribution >= 4 is 6.08 Å². The fourth-order valence-electron chi connectivity index (χ4n) is 5.10. The summed E-state index contributed by atoms with van der Waals surface area (Å²) in [5, 5.41) is 59.3. The fraction of sp³-hybridized carbons (Fsp3) is 0.565. The van der Waals surface area contributed by atoms with Gasteiger partial charge in [0.15, 0.2) is 6.29 Å². The van der Waals surface area contributed by atoms with Crippen molar-refractivity contribution in [3.63, 3.8) is 0 Å². The molecule has 0 spiro atoms. The number of aliphatic hydroxyl groups is 5. The highest BCUT2D eigenvalue weighted by atomic mass is 16.8. The van der Waals surface area contributed by atoms with E-state index in [2.05, 4.69) is 0 Å². The standard InChI is InChI=1S/C23H28O11/c24-9-14-16(27)17(28)18(29)22(32-14)33-21-15-13(6-8-31-21)19(20-23(15,10-25)34-20)30-7-5-11-1-3-12(26)4-2-11/h1-8,13-22,24-29H,9-10H2. The average molecular weight is 480 g/mol. The van der Waals surface area contributed by atoms with E-state index in [0.29, 0.717) is 0 Å². The van der Waals surface area contributed by atoms with Crippen LogP contribution in [0.4, 0.5) is 0 Å². The van der Waals surface area contributed by atoms with Gasteiger partial charge in [0, 0.05) is 5.92 Å². The largest absolute Gasteiger partial charge is 0.508 e. The summed E-state index contributed by atoms with van der Waals surface area (Å²) in [4.78, 5) is 0. The number of hydrogen-bond acceptors (Lipinski definition) is 11. The third-order valence-corrected chi connectivity index (χ3v) is 6.99. The lowest BCUT2D eigenvalue weighted by atomic mass is 9.85. The Kier molecular flexibility index (Phi) is 6.29. The lowest BCUT2D eigenvalue weighted by Crippen LogP contribution is -2.60. The predicted molar refractivity (Wildman–Crippen MR) is 113 cm³/mol. The van der Waals surface area contributed by atoms with E-state index in [1.165, 1.54) is 12.5 Å². The van der Waals surface area contributed by atoms with Crippen molar-refractivity contribution in [3.05, 3.63) is 48.4 Å². The van der Waals surface area contributed by atoms with Gasteiger partial charge in [-0.1, -0.05) is 12.1 Å². The molecule has 0 aromatic heterocycles. The molecule has 11 nitrogen and oxygen atoms in total. The molecular weight excluding hydrogens is 452 g/mol. The Hall–Kier alpha value is -2.22. The minimum atomic E-state index is -1.59. The molecule has 1 saturated carbocycles. The van der Waals surface area contributed by atoms with Gasteiger partial charge in [0.2, 0.25) is 6.29 Å². The van der Waals surface area contributed by atoms with Crippen LogP contribution in [0, 0.1) is 11.8 Å². The van der Waals surface area contributed by atoms with Crippen molar-refractivity contribution in [1.82, 2.24) is 0 Å². The van der Waals surface area contributed by atoms with Gasteiger partial charge in [-0.05, 0) is 29.8 Å². The highest BCUT2D eigenvalue weighted by Gasteiger charge is 2.77. The normalized spacial score (nSPS) is 45.0. The molecular formula is C23H28O11. The third-order valence-electron chi connectivity index (χ3n) is 6.99. The van der Waals surface area contributed by atoms with Crippen molar-refractivity contribution in [2.45, 2.75) is 54.8 Å². The molecule has 1 aliphatic carbocycles. The van der Waals surface area contributed by atoms with Gasteiger partial charge in [-0.25, -0.2) is 0 Å². The van der Waals surface area contributed by atoms with E-state index >= 15 is 0 Å². The van der Waals surface area contributed by atoms with E-state index in [1.807, 2.05) is 0 Å². The van der Waals surface area contributed by atoms with Crippen LogP contribution in [0.25, 0.3) is 6.08 Å². The van der Waals surface area contributed by atoms with Crippen molar-refractivity contribution in [3.8, 4) is 5.75 Å². The Balaban J connectivity index is 1.31. The summed E-state index contributed by atoms with van der Waals surface area (Å²) < 4.78 is 28.8. The van der Waals surface area contributed by atoms with E-state index in [0.717, 1.165) is 5.56 Å². The van der Waals surface area contributed by atoms with E-state index in [9.17, 15) is 30.6 Å². The van der Waals surface area contributed by atoms with E-state index in [1.54, 1.807) is 36.4 Å². The molecule has 1 aromatic rings. The maximum absolute atomic E-state index is 10.3. The molecule has 3 aliphatic heterocycles. The second-order valence-electron chi connectivity index (χ2n) is 8.92. The lowest BCUT2D eigenvalue weighted by Gasteiger charge is -2.43. The topological polar surface area (TPSA) is 171 Å². The van der Waals surface area contributed by atoms with Gasteiger partial charge in [0.25, 0.3) is 0 Å². The van der Waals surface area contributed by atoms with Crippen LogP contribution in [0.2, 0.25) is 0 Å². The molecule has 34 heavy (non-hydrogen) atoms. The number of phenolic OH excluding ortho intramolecular Hbond substituents is 1. The van der Waals surface area contributed by atoms with E-state index < -0.39 is 67.3 Å². The van der Waals surface area contributed by atoms with E-state index in [4.69, 9.17) is 23.7 Å². The Morgan fingerprint density at radius 2 is 1.76 bits per heavy atom. The van der Waals surface area contributed by atoms with Crippen molar-refractivity contribution in [2.75, 3.05) is 13.2 Å². The second kappa shape index (κ2) is 9.10. The van der Waals surface area contributed by atoms with E-state index in [-0.39, 0.29) is 18.3 Å². The summed E-state index contributed by atoms with van der Waals surface area (Å²) in [6.45, 7) is -0.899. The van der Waals surface area contributed by atoms with Crippen molar-refractivity contribution in [2.24, 2.45) is 11.8 Å². The molecule has 6 N–H and O–H groups in total. The average Bonchev–Trinajstić information content (AvgIpc) is 3.52. The molecule has 3 fully saturated rings. The zero-order chi connectivity index (χ0) is 24.0. The predicted octanol–water partition coefficient (Wildman–Crippen LogP) is -1.19. The number of rotatable bonds is 7. The Labute approximate surface area is 195 Å². The maximum Gasteiger partial charge on any atom is 0.208 e. The van der Waals surface area contributed by atoms with Crippen LogP contribution in [0.3, 0.4) is 0 Å². The fourth-order valence-corrected chi connectivity index (χ4v) is 5.10. The number of hydrogen-bond donors (Lipinski definition) is 6. The van der Waals surface area contributed by atoms with Crippen LogP contribution in [0.5, 0.6) is 5.75 Å². The van der Waals surface area contributed by atoms with Gasteiger partial charge in [-0.15, -0.1) is 0 Å². The summed E-state index contributed by atoms with van der Waals surface area (Å²) in [5.74, 6) is -0.625. The summed E-state index contributed by atoms with van der Waals surface area (Å²) >= 11 is 0. The number of fused-ring (bicyclic) bond motifs is 3. The molecule has 11 heteroatoms. The first-order valence-corrected chi connectivity index (χ1v) is 11.1. The third kappa shape index (κ3) is 3.88. The molecule has 4 aliphatic rings. The quantitative estimate of drug-likeness (QED) is 0.205. The summed E-state index contributed by atoms with van der Waals surface area (Å²) in [6.07, 6.45) is -2.62. The molecule has 0 bridgehead atoms. The number of aromatic hydroxyl groups is 1. The zero-order valence-corrected chi connectivity index (χ0v) is 18.0. The highest BCUT2D eigenvalue weighted by molar-refractivity contribution is 5.49. The minimum absolute atomic E-state index is 0.161. The van der Waals surface area contributed by atoms with Crippen LogP contribution < -0.4 is 0 Å². The molecule has 11 atom stereocenters. The Morgan fingerprint density at radius 1 is 1.00 bits per heavy atom. The number of ether oxygens (including phenoxy) is 5. The first kappa shape index (κ1) is 23.5. The number of aliphatic hydroxyl groups excluding tert-OH is 5. The summed E-state index contributed by atoms with van der Waals surface area (Å²) in [7, 11) is 0. The monoisotopic (exact) mass is 480 g/mol.